The zero-order chi connectivity index (χ0) is 14.7. The Morgan fingerprint density at radius 2 is 2.15 bits per heavy atom. The predicted molar refractivity (Wildman–Crippen MR) is 74.9 cm³/mol. The molecular weight excluding hydrogens is 259 g/mol. The Morgan fingerprint density at radius 1 is 1.40 bits per heavy atom. The van der Waals surface area contributed by atoms with Gasteiger partial charge in [-0.15, -0.1) is 0 Å². The zero-order valence-electron chi connectivity index (χ0n) is 11.8. The van der Waals surface area contributed by atoms with Crippen LogP contribution in [0.5, 0.6) is 0 Å². The highest BCUT2D eigenvalue weighted by atomic mass is 19.1. The lowest BCUT2D eigenvalue weighted by Crippen LogP contribution is -2.45. The van der Waals surface area contributed by atoms with Gasteiger partial charge in [-0.25, -0.2) is 4.39 Å². The van der Waals surface area contributed by atoms with Gasteiger partial charge in [0.2, 0.25) is 11.8 Å². The third-order valence-electron chi connectivity index (χ3n) is 3.50. The Kier molecular flexibility index (Phi) is 4.37. The number of amides is 2. The number of anilines is 1. The van der Waals surface area contributed by atoms with Gasteiger partial charge in [0.1, 0.15) is 11.9 Å². The van der Waals surface area contributed by atoms with Crippen LogP contribution >= 0.6 is 0 Å². The standard InChI is InChI=1S/C15H19FN2O2/c1-3-5-12-15(20)18(9-8-13(19)17-12)14-10(2)6-4-7-11(14)16/h4,6-7,12H,3,5,8-9H2,1-2H3,(H,17,19). The molecule has 1 aromatic carbocycles. The molecule has 2 rings (SSSR count). The fraction of sp³-hybridized carbons (Fsp3) is 0.467. The van der Waals surface area contributed by atoms with E-state index >= 15 is 0 Å². The predicted octanol–water partition coefficient (Wildman–Crippen LogP) is 2.16. The number of halogens is 1. The van der Waals surface area contributed by atoms with Crippen molar-refractivity contribution in [1.82, 2.24) is 5.32 Å². The van der Waals surface area contributed by atoms with E-state index in [1.807, 2.05) is 6.92 Å². The van der Waals surface area contributed by atoms with E-state index in [9.17, 15) is 14.0 Å². The molecule has 2 amide bonds. The van der Waals surface area contributed by atoms with Gasteiger partial charge >= 0.3 is 0 Å². The molecule has 1 atom stereocenters. The summed E-state index contributed by atoms with van der Waals surface area (Å²) in [5.74, 6) is -0.817. The number of carbonyl (C=O) groups excluding carboxylic acids is 2. The Labute approximate surface area is 118 Å². The Morgan fingerprint density at radius 3 is 2.80 bits per heavy atom. The van der Waals surface area contributed by atoms with Crippen molar-refractivity contribution in [3.8, 4) is 0 Å². The Balaban J connectivity index is 2.38. The van der Waals surface area contributed by atoms with Crippen LogP contribution in [-0.2, 0) is 9.59 Å². The molecule has 1 aliphatic heterocycles. The second kappa shape index (κ2) is 6.03. The molecule has 1 N–H and O–H groups in total. The van der Waals surface area contributed by atoms with Crippen LogP contribution in [0.1, 0.15) is 31.7 Å². The molecule has 5 heteroatoms. The van der Waals surface area contributed by atoms with Crippen LogP contribution in [0.3, 0.4) is 0 Å². The van der Waals surface area contributed by atoms with E-state index in [0.717, 1.165) is 6.42 Å². The Bertz CT molecular complexity index is 510. The summed E-state index contributed by atoms with van der Waals surface area (Å²) in [5, 5.41) is 2.72. The van der Waals surface area contributed by atoms with E-state index in [0.29, 0.717) is 12.0 Å². The molecule has 0 bridgehead atoms. The number of aryl methyl sites for hydroxylation is 1. The fourth-order valence-corrected chi connectivity index (χ4v) is 2.51. The molecule has 1 heterocycles. The summed E-state index contributed by atoms with van der Waals surface area (Å²) < 4.78 is 14.1. The lowest BCUT2D eigenvalue weighted by atomic mass is 10.1. The summed E-state index contributed by atoms with van der Waals surface area (Å²) in [6, 6.07) is 4.16. The molecule has 1 aliphatic rings. The first-order valence-electron chi connectivity index (χ1n) is 6.90. The van der Waals surface area contributed by atoms with E-state index in [1.54, 1.807) is 19.1 Å². The topological polar surface area (TPSA) is 49.4 Å². The molecule has 0 spiro atoms. The van der Waals surface area contributed by atoms with Crippen LogP contribution in [0, 0.1) is 12.7 Å². The third-order valence-corrected chi connectivity index (χ3v) is 3.50. The molecule has 0 aliphatic carbocycles. The quantitative estimate of drug-likeness (QED) is 0.921. The van der Waals surface area contributed by atoms with E-state index < -0.39 is 11.9 Å². The molecule has 1 saturated heterocycles. The van der Waals surface area contributed by atoms with Gasteiger partial charge in [-0.1, -0.05) is 25.5 Å². The lowest BCUT2D eigenvalue weighted by molar-refractivity contribution is -0.125. The van der Waals surface area contributed by atoms with Crippen molar-refractivity contribution in [1.29, 1.82) is 0 Å². The summed E-state index contributed by atoms with van der Waals surface area (Å²) in [4.78, 5) is 25.6. The number of nitrogens with zero attached hydrogens (tertiary/aromatic N) is 1. The summed E-state index contributed by atoms with van der Waals surface area (Å²) in [6.45, 7) is 3.93. The molecule has 0 radical (unpaired) electrons. The molecule has 108 valence electrons. The monoisotopic (exact) mass is 278 g/mol. The number of benzene rings is 1. The number of carbonyl (C=O) groups is 2. The highest BCUT2D eigenvalue weighted by Gasteiger charge is 2.31. The Hall–Kier alpha value is -1.91. The van der Waals surface area contributed by atoms with Gasteiger partial charge in [0.25, 0.3) is 0 Å². The second-order valence-corrected chi connectivity index (χ2v) is 5.05. The van der Waals surface area contributed by atoms with Crippen molar-refractivity contribution < 1.29 is 14.0 Å². The fourth-order valence-electron chi connectivity index (χ4n) is 2.51. The highest BCUT2D eigenvalue weighted by Crippen LogP contribution is 2.26. The second-order valence-electron chi connectivity index (χ2n) is 5.05. The van der Waals surface area contributed by atoms with Crippen LogP contribution in [-0.4, -0.2) is 24.4 Å². The van der Waals surface area contributed by atoms with Gasteiger partial charge in [-0.05, 0) is 25.0 Å². The van der Waals surface area contributed by atoms with E-state index in [2.05, 4.69) is 5.32 Å². The van der Waals surface area contributed by atoms with Crippen LogP contribution < -0.4 is 10.2 Å². The summed E-state index contributed by atoms with van der Waals surface area (Å²) in [5.41, 5.74) is 0.984. The SMILES string of the molecule is CCCC1NC(=O)CCN(c2c(C)cccc2F)C1=O. The smallest absolute Gasteiger partial charge is 0.249 e. The van der Waals surface area contributed by atoms with E-state index in [-0.39, 0.29) is 30.5 Å². The number of hydrogen-bond acceptors (Lipinski definition) is 2. The molecule has 20 heavy (non-hydrogen) atoms. The van der Waals surface area contributed by atoms with Gasteiger partial charge in [0.15, 0.2) is 0 Å². The highest BCUT2D eigenvalue weighted by molar-refractivity contribution is 6.01. The average Bonchev–Trinajstić information content (AvgIpc) is 2.52. The van der Waals surface area contributed by atoms with Crippen molar-refractivity contribution in [2.45, 2.75) is 39.2 Å². The van der Waals surface area contributed by atoms with Crippen LogP contribution in [0.25, 0.3) is 0 Å². The lowest BCUT2D eigenvalue weighted by Gasteiger charge is -2.25. The normalized spacial score (nSPS) is 19.8. The van der Waals surface area contributed by atoms with E-state index in [4.69, 9.17) is 0 Å². The number of hydrogen-bond donors (Lipinski definition) is 1. The van der Waals surface area contributed by atoms with E-state index in [1.165, 1.54) is 11.0 Å². The van der Waals surface area contributed by atoms with Gasteiger partial charge in [0, 0.05) is 13.0 Å². The first-order chi connectivity index (χ1) is 9.54. The van der Waals surface area contributed by atoms with Crippen molar-refractivity contribution in [3.05, 3.63) is 29.6 Å². The molecular formula is C15H19FN2O2. The minimum atomic E-state index is -0.561. The number of rotatable bonds is 3. The van der Waals surface area contributed by atoms with Gasteiger partial charge < -0.3 is 10.2 Å². The number of nitrogens with one attached hydrogen (secondary N) is 1. The maximum absolute atomic E-state index is 14.1. The largest absolute Gasteiger partial charge is 0.344 e. The minimum Gasteiger partial charge on any atom is -0.344 e. The minimum absolute atomic E-state index is 0.159. The molecule has 4 nitrogen and oxygen atoms in total. The average molecular weight is 278 g/mol. The maximum atomic E-state index is 14.1. The zero-order valence-corrected chi connectivity index (χ0v) is 11.8. The van der Waals surface area contributed by atoms with Crippen LogP contribution in [0.4, 0.5) is 10.1 Å². The summed E-state index contributed by atoms with van der Waals surface area (Å²) in [7, 11) is 0. The van der Waals surface area contributed by atoms with Gasteiger partial charge in [-0.2, -0.15) is 0 Å². The first-order valence-corrected chi connectivity index (χ1v) is 6.90. The maximum Gasteiger partial charge on any atom is 0.249 e. The number of para-hydroxylation sites is 1. The molecule has 0 aromatic heterocycles. The third kappa shape index (κ3) is 2.81. The van der Waals surface area contributed by atoms with Crippen LogP contribution in [0.2, 0.25) is 0 Å². The summed E-state index contributed by atoms with van der Waals surface area (Å²) in [6.07, 6.45) is 1.54. The van der Waals surface area contributed by atoms with Crippen molar-refractivity contribution in [2.24, 2.45) is 0 Å². The van der Waals surface area contributed by atoms with Gasteiger partial charge in [-0.3, -0.25) is 9.59 Å². The van der Waals surface area contributed by atoms with Crippen LogP contribution in [0.15, 0.2) is 18.2 Å². The summed E-state index contributed by atoms with van der Waals surface area (Å²) >= 11 is 0. The molecule has 1 fully saturated rings. The molecule has 0 saturated carbocycles. The van der Waals surface area contributed by atoms with Crippen molar-refractivity contribution in [3.63, 3.8) is 0 Å². The van der Waals surface area contributed by atoms with Crippen molar-refractivity contribution in [2.75, 3.05) is 11.4 Å². The first kappa shape index (κ1) is 14.5. The molecule has 1 unspecified atom stereocenters. The van der Waals surface area contributed by atoms with Crippen molar-refractivity contribution >= 4 is 17.5 Å². The van der Waals surface area contributed by atoms with Gasteiger partial charge in [0.05, 0.1) is 5.69 Å². The molecule has 1 aromatic rings.